The van der Waals surface area contributed by atoms with E-state index < -0.39 is 0 Å². The molecule has 70 heavy (non-hydrogen) atoms. The average Bonchev–Trinajstić information content (AvgIpc) is 4.15. The molecule has 9 aromatic rings. The van der Waals surface area contributed by atoms with E-state index in [2.05, 4.69) is 59.6 Å². The highest BCUT2D eigenvalue weighted by molar-refractivity contribution is 5.77. The van der Waals surface area contributed by atoms with Crippen molar-refractivity contribution in [3.8, 4) is 0 Å². The van der Waals surface area contributed by atoms with Gasteiger partial charge in [-0.25, -0.2) is 14.4 Å². The van der Waals surface area contributed by atoms with Gasteiger partial charge in [0.05, 0.1) is 47.4 Å². The van der Waals surface area contributed by atoms with Gasteiger partial charge in [0, 0.05) is 117 Å². The first-order valence-electron chi connectivity index (χ1n) is 23.1. The molecule has 0 amide bonds. The number of aromatic nitrogens is 15. The van der Waals surface area contributed by atoms with Gasteiger partial charge in [0.25, 0.3) is 16.7 Å². The number of nitrogens with zero attached hydrogens (tertiary/aromatic N) is 18. The fourth-order valence-electron chi connectivity index (χ4n) is 8.99. The van der Waals surface area contributed by atoms with Crippen molar-refractivity contribution >= 4 is 50.8 Å². The highest BCUT2D eigenvalue weighted by Crippen LogP contribution is 2.19. The maximum absolute atomic E-state index is 12.6. The number of hydrogen-bond donors (Lipinski definition) is 0. The topological polar surface area (TPSA) is 214 Å². The summed E-state index contributed by atoms with van der Waals surface area (Å²) in [5.74, 6) is 2.08. The maximum atomic E-state index is 12.6. The largest absolute Gasteiger partial charge is 0.379 e. The zero-order valence-corrected chi connectivity index (χ0v) is 42.7. The number of rotatable bonds is 9. The minimum Gasteiger partial charge on any atom is -0.379 e. The number of aryl methyl sites for hydroxylation is 6. The summed E-state index contributed by atoms with van der Waals surface area (Å²) in [6.45, 7) is 14.4. The Bertz CT molecular complexity index is 3870. The molecule has 0 saturated carbocycles. The number of ether oxygens (including phenoxy) is 1. The number of imidazole rings is 6. The van der Waals surface area contributed by atoms with Crippen LogP contribution >= 0.6 is 0 Å². The number of morpholine rings is 1. The molecule has 1 fully saturated rings. The quantitative estimate of drug-likeness (QED) is 0.153. The molecule has 1 saturated heterocycles. The first kappa shape index (κ1) is 49.3. The molecular weight excluding hydrogens is 905 g/mol. The first-order chi connectivity index (χ1) is 32.9. The lowest BCUT2D eigenvalue weighted by Gasteiger charge is -2.26. The third-order valence-electron chi connectivity index (χ3n) is 13.3. The first-order valence-corrected chi connectivity index (χ1v) is 23.1. The molecule has 0 aromatic carbocycles. The van der Waals surface area contributed by atoms with Crippen LogP contribution in [0.2, 0.25) is 0 Å². The van der Waals surface area contributed by atoms with Crippen LogP contribution in [0.4, 0.5) is 0 Å². The lowest BCUT2D eigenvalue weighted by molar-refractivity contribution is -0.870. The lowest BCUT2D eigenvalue weighted by atomic mass is 10.4. The molecule has 9 aromatic heterocycles. The Morgan fingerprint density at radius 1 is 0.514 bits per heavy atom. The molecule has 25 nitrogen and oxygen atoms in total. The van der Waals surface area contributed by atoms with Gasteiger partial charge >= 0.3 is 17.1 Å². The highest BCUT2D eigenvalue weighted by atomic mass is 16.5. The van der Waals surface area contributed by atoms with E-state index in [0.29, 0.717) is 50.8 Å². The van der Waals surface area contributed by atoms with Gasteiger partial charge in [-0.15, -0.1) is 0 Å². The number of fused-ring (bicyclic) bond motifs is 9. The Hall–Kier alpha value is -7.09. The van der Waals surface area contributed by atoms with Crippen LogP contribution in [0.15, 0.2) is 47.4 Å². The van der Waals surface area contributed by atoms with Crippen molar-refractivity contribution in [1.29, 1.82) is 0 Å². The van der Waals surface area contributed by atoms with Crippen LogP contribution in [0.1, 0.15) is 17.1 Å². The summed E-state index contributed by atoms with van der Waals surface area (Å²) in [5, 5.41) is 0. The second kappa shape index (κ2) is 18.3. The van der Waals surface area contributed by atoms with E-state index in [1.807, 2.05) is 53.5 Å². The van der Waals surface area contributed by atoms with Crippen molar-refractivity contribution < 1.29 is 9.22 Å². The minimum absolute atomic E-state index is 0.320. The van der Waals surface area contributed by atoms with Crippen LogP contribution < -0.4 is 33.7 Å². The van der Waals surface area contributed by atoms with Gasteiger partial charge in [0.1, 0.15) is 0 Å². The summed E-state index contributed by atoms with van der Waals surface area (Å²) in [4.78, 5) is 91.9. The zero-order valence-electron chi connectivity index (χ0n) is 42.7. The Morgan fingerprint density at radius 2 is 0.857 bits per heavy atom. The Kier molecular flexibility index (Phi) is 12.9. The number of quaternary nitrogens is 1. The van der Waals surface area contributed by atoms with Crippen molar-refractivity contribution in [3.05, 3.63) is 98.2 Å². The third kappa shape index (κ3) is 8.44. The van der Waals surface area contributed by atoms with Crippen molar-refractivity contribution in [3.63, 3.8) is 0 Å². The molecule has 0 N–H and O–H groups in total. The molecule has 0 bridgehead atoms. The van der Waals surface area contributed by atoms with Crippen molar-refractivity contribution in [2.75, 3.05) is 81.2 Å². The van der Waals surface area contributed by atoms with Gasteiger partial charge in [0.15, 0.2) is 33.5 Å². The van der Waals surface area contributed by atoms with Crippen LogP contribution in [0, 0.1) is 20.8 Å². The number of hydrogen-bond acceptors (Lipinski definition) is 12. The van der Waals surface area contributed by atoms with Crippen LogP contribution in [0.25, 0.3) is 50.8 Å². The molecule has 10 heterocycles. The lowest BCUT2D eigenvalue weighted by Crippen LogP contribution is -2.38. The molecule has 0 radical (unpaired) electrons. The van der Waals surface area contributed by atoms with E-state index in [1.165, 1.54) is 34.8 Å². The Balaban J connectivity index is 0.000000142. The fraction of sp³-hybridized carbons (Fsp3) is 0.533. The summed E-state index contributed by atoms with van der Waals surface area (Å²) in [6.07, 6.45) is 5.72. The van der Waals surface area contributed by atoms with Crippen LogP contribution in [-0.2, 0) is 66.7 Å². The van der Waals surface area contributed by atoms with Gasteiger partial charge < -0.3 is 27.8 Å². The van der Waals surface area contributed by atoms with Gasteiger partial charge in [-0.1, -0.05) is 0 Å². The van der Waals surface area contributed by atoms with E-state index in [4.69, 9.17) is 4.74 Å². The molecule has 0 spiro atoms. The summed E-state index contributed by atoms with van der Waals surface area (Å²) in [6, 6.07) is 0. The summed E-state index contributed by atoms with van der Waals surface area (Å²) >= 11 is 0. The molecule has 0 atom stereocenters. The van der Waals surface area contributed by atoms with E-state index in [1.54, 1.807) is 34.3 Å². The predicted octanol–water partition coefficient (Wildman–Crippen LogP) is -1.42. The SMILES string of the molecule is Cc1cn2c3c(=O)n(C)c(=O)n(C)c3nc2n1CCN(C)C.Cc1cn2c3c(=O)n(C)c(=O)n(C)c3nc2n1CCN1CCOCC1.Cc1cn2c3c(=O)n(C)c(=O)n(C)c3nc2n1CC[N+](C)(C)C. The van der Waals surface area contributed by atoms with Gasteiger partial charge in [-0.2, -0.15) is 15.0 Å². The summed E-state index contributed by atoms with van der Waals surface area (Å²) in [5.41, 5.74) is 3.62. The molecule has 376 valence electrons. The summed E-state index contributed by atoms with van der Waals surface area (Å²) in [7, 11) is 19.8. The molecule has 0 aliphatic carbocycles. The standard InChI is InChI=1S/C16H22N6O3.C15H23N6O2.C14H20N6O2/c1-11-10-22-12-13(18(2)16(24)19(3)14(12)23)17-15(22)21(11)5-4-20-6-8-25-9-7-20;1-10-9-20-11-12(17(2)15(23)18(3)13(11)22)16-14(20)19(10)7-8-21(4,5)6;1-9-8-20-10-11(17(4)14(22)18(5)12(10)21)15-13(20)19(9)7-6-16(2)3/h10H,4-9H2,1-3H3;9H,7-8H2,1-6H3;8H,6-7H2,1-5H3/q;+1;. The second-order valence-electron chi connectivity index (χ2n) is 19.5. The number of likely N-dealkylation sites (N-methyl/N-ethyl adjacent to an activating group) is 2. The maximum Gasteiger partial charge on any atom is 0.332 e. The molecule has 1 aliphatic heterocycles. The minimum atomic E-state index is -0.366. The van der Waals surface area contributed by atoms with E-state index >= 15 is 0 Å². The highest BCUT2D eigenvalue weighted by Gasteiger charge is 2.23. The summed E-state index contributed by atoms with van der Waals surface area (Å²) < 4.78 is 25.5. The molecule has 0 unspecified atom stereocenters. The predicted molar refractivity (Wildman–Crippen MR) is 266 cm³/mol. The molecule has 1 aliphatic rings. The van der Waals surface area contributed by atoms with Gasteiger partial charge in [0.2, 0.25) is 17.3 Å². The van der Waals surface area contributed by atoms with E-state index in [-0.39, 0.29) is 33.7 Å². The monoisotopic (exact) mass is 970 g/mol. The third-order valence-corrected chi connectivity index (χ3v) is 13.3. The zero-order chi connectivity index (χ0) is 51.0. The normalized spacial score (nSPS) is 13.8. The van der Waals surface area contributed by atoms with Crippen molar-refractivity contribution in [2.24, 2.45) is 42.3 Å². The van der Waals surface area contributed by atoms with E-state index in [9.17, 15) is 28.8 Å². The smallest absolute Gasteiger partial charge is 0.332 e. The second-order valence-corrected chi connectivity index (χ2v) is 19.5. The van der Waals surface area contributed by atoms with Gasteiger partial charge in [-0.3, -0.25) is 59.9 Å². The molecular formula is C45H65N18O7+. The van der Waals surface area contributed by atoms with Gasteiger partial charge in [-0.05, 0) is 34.9 Å². The fourth-order valence-corrected chi connectivity index (χ4v) is 8.99. The van der Waals surface area contributed by atoms with Crippen LogP contribution in [0.5, 0.6) is 0 Å². The Morgan fingerprint density at radius 3 is 1.20 bits per heavy atom. The molecule has 10 rings (SSSR count). The van der Waals surface area contributed by atoms with Crippen LogP contribution in [0.3, 0.4) is 0 Å². The van der Waals surface area contributed by atoms with Crippen molar-refractivity contribution in [2.45, 2.75) is 40.4 Å². The van der Waals surface area contributed by atoms with Crippen molar-refractivity contribution in [1.82, 2.24) is 79.1 Å². The Labute approximate surface area is 400 Å². The van der Waals surface area contributed by atoms with E-state index in [0.717, 1.165) is 101 Å². The molecule has 25 heteroatoms. The average molecular weight is 970 g/mol. The van der Waals surface area contributed by atoms with Crippen LogP contribution in [-0.4, -0.2) is 165 Å².